The van der Waals surface area contributed by atoms with Crippen molar-refractivity contribution in [2.45, 2.75) is 19.0 Å². The van der Waals surface area contributed by atoms with Gasteiger partial charge >= 0.3 is 0 Å². The molecule has 0 saturated carbocycles. The van der Waals surface area contributed by atoms with Crippen molar-refractivity contribution in [1.82, 2.24) is 0 Å². The van der Waals surface area contributed by atoms with E-state index < -0.39 is 0 Å². The summed E-state index contributed by atoms with van der Waals surface area (Å²) in [6.45, 7) is 4.46. The van der Waals surface area contributed by atoms with Crippen molar-refractivity contribution in [2.75, 3.05) is 0 Å². The third kappa shape index (κ3) is 1.05. The molecule has 2 radical (unpaired) electrons. The molecule has 0 saturated heterocycles. The highest BCUT2D eigenvalue weighted by atomic mass is 28.2. The molecule has 0 amide bonds. The van der Waals surface area contributed by atoms with Crippen LogP contribution in [0.4, 0.5) is 0 Å². The van der Waals surface area contributed by atoms with Gasteiger partial charge in [0.2, 0.25) is 0 Å². The zero-order valence-corrected chi connectivity index (χ0v) is 8.46. The Morgan fingerprint density at radius 3 is 2.92 bits per heavy atom. The van der Waals surface area contributed by atoms with Gasteiger partial charge in [-0.25, -0.2) is 0 Å². The molecule has 0 fully saturated rings. The maximum atomic E-state index is 2.33. The van der Waals surface area contributed by atoms with Gasteiger partial charge in [-0.05, 0) is 29.2 Å². The van der Waals surface area contributed by atoms with Crippen molar-refractivity contribution in [2.24, 2.45) is 0 Å². The smallest absolute Gasteiger partial charge is 0.0492 e. The van der Waals surface area contributed by atoms with E-state index in [1.165, 1.54) is 16.7 Å². The Kier molecular flexibility index (Phi) is 1.89. The van der Waals surface area contributed by atoms with E-state index in [2.05, 4.69) is 43.8 Å². The van der Waals surface area contributed by atoms with E-state index in [9.17, 15) is 0 Å². The highest BCUT2D eigenvalue weighted by Gasteiger charge is 2.15. The van der Waals surface area contributed by atoms with Crippen LogP contribution in [0.15, 0.2) is 24.3 Å². The fraction of sp³-hybridized carbons (Fsp3) is 0.273. The number of hydrogen-bond donors (Lipinski definition) is 0. The van der Waals surface area contributed by atoms with Crippen LogP contribution >= 0.6 is 0 Å². The average molecular weight is 172 g/mol. The maximum absolute atomic E-state index is 2.33. The summed E-state index contributed by atoms with van der Waals surface area (Å²) in [5.74, 6) is 0. The van der Waals surface area contributed by atoms with Crippen LogP contribution in [0, 0.1) is 6.92 Å². The zero-order chi connectivity index (χ0) is 8.55. The largest absolute Gasteiger partial charge is 0.0797 e. The second-order valence-corrected chi connectivity index (χ2v) is 4.40. The minimum absolute atomic E-state index is 0.694. The molecule has 0 bridgehead atoms. The summed E-state index contributed by atoms with van der Waals surface area (Å²) in [6, 6.07) is 6.60. The summed E-state index contributed by atoms with van der Waals surface area (Å²) < 4.78 is 0. The van der Waals surface area contributed by atoms with Crippen molar-refractivity contribution in [3.8, 4) is 0 Å². The molecule has 60 valence electrons. The third-order valence-corrected chi connectivity index (χ3v) is 3.58. The molecule has 2 rings (SSSR count). The van der Waals surface area contributed by atoms with Crippen LogP contribution in [-0.4, -0.2) is 9.52 Å². The summed E-state index contributed by atoms with van der Waals surface area (Å²) >= 11 is 0. The SMILES string of the molecule is C[Si]C1C=Cc2c(C)cccc21. The summed E-state index contributed by atoms with van der Waals surface area (Å²) in [6.07, 6.45) is 4.60. The van der Waals surface area contributed by atoms with Crippen LogP contribution in [0.1, 0.15) is 22.2 Å². The predicted molar refractivity (Wildman–Crippen MR) is 54.6 cm³/mol. The molecule has 1 heteroatoms. The molecule has 0 aromatic heterocycles. The van der Waals surface area contributed by atoms with Gasteiger partial charge in [-0.1, -0.05) is 36.9 Å². The Labute approximate surface area is 76.1 Å². The topological polar surface area (TPSA) is 0 Å². The lowest BCUT2D eigenvalue weighted by molar-refractivity contribution is 1.21. The number of benzene rings is 1. The van der Waals surface area contributed by atoms with E-state index in [1.807, 2.05) is 0 Å². The minimum atomic E-state index is 0.694. The van der Waals surface area contributed by atoms with Crippen LogP contribution in [0.3, 0.4) is 0 Å². The number of fused-ring (bicyclic) bond motifs is 1. The van der Waals surface area contributed by atoms with Gasteiger partial charge in [-0.15, -0.1) is 0 Å². The van der Waals surface area contributed by atoms with E-state index in [-0.39, 0.29) is 0 Å². The molecule has 0 nitrogen and oxygen atoms in total. The monoisotopic (exact) mass is 172 g/mol. The van der Waals surface area contributed by atoms with Gasteiger partial charge in [-0.3, -0.25) is 0 Å². The first kappa shape index (κ1) is 7.81. The van der Waals surface area contributed by atoms with Crippen molar-refractivity contribution in [1.29, 1.82) is 0 Å². The van der Waals surface area contributed by atoms with E-state index in [0.717, 1.165) is 9.52 Å². The number of aryl methyl sites for hydroxylation is 1. The third-order valence-electron chi connectivity index (χ3n) is 2.46. The standard InChI is InChI=1S/C11H12Si/c1-8-4-3-5-10-9(8)6-7-11(10)12-2/h3-7,11H,1-2H3. The van der Waals surface area contributed by atoms with Crippen LogP contribution in [-0.2, 0) is 0 Å². The Morgan fingerprint density at radius 2 is 2.17 bits per heavy atom. The van der Waals surface area contributed by atoms with E-state index >= 15 is 0 Å². The minimum Gasteiger partial charge on any atom is -0.0797 e. The second-order valence-electron chi connectivity index (χ2n) is 3.20. The Hall–Kier alpha value is -0.823. The zero-order valence-electron chi connectivity index (χ0n) is 7.46. The van der Waals surface area contributed by atoms with Crippen molar-refractivity contribution in [3.63, 3.8) is 0 Å². The fourth-order valence-electron chi connectivity index (χ4n) is 1.75. The average Bonchev–Trinajstić information content (AvgIpc) is 2.49. The number of allylic oxidation sites excluding steroid dienone is 1. The van der Waals surface area contributed by atoms with Crippen molar-refractivity contribution >= 4 is 15.6 Å². The van der Waals surface area contributed by atoms with Crippen molar-refractivity contribution < 1.29 is 0 Å². The molecule has 1 aliphatic carbocycles. The highest BCUT2D eigenvalue weighted by molar-refractivity contribution is 6.37. The Morgan fingerprint density at radius 1 is 1.33 bits per heavy atom. The Balaban J connectivity index is 2.52. The molecule has 1 unspecified atom stereocenters. The van der Waals surface area contributed by atoms with Crippen LogP contribution < -0.4 is 0 Å². The molecule has 1 aromatic carbocycles. The molecule has 0 N–H and O–H groups in total. The molecule has 0 heterocycles. The van der Waals surface area contributed by atoms with Gasteiger partial charge in [-0.2, -0.15) is 0 Å². The number of rotatable bonds is 1. The van der Waals surface area contributed by atoms with Gasteiger partial charge in [0.25, 0.3) is 0 Å². The highest BCUT2D eigenvalue weighted by Crippen LogP contribution is 2.30. The molecule has 1 aliphatic rings. The predicted octanol–water partition coefficient (Wildman–Crippen LogP) is 2.82. The molecular formula is C11H12Si. The Bertz CT molecular complexity index is 326. The summed E-state index contributed by atoms with van der Waals surface area (Å²) in [7, 11) is 0.988. The lowest BCUT2D eigenvalue weighted by atomic mass is 10.0. The molecule has 12 heavy (non-hydrogen) atoms. The first-order chi connectivity index (χ1) is 5.83. The first-order valence-electron chi connectivity index (χ1n) is 4.28. The van der Waals surface area contributed by atoms with Crippen LogP contribution in [0.2, 0.25) is 6.55 Å². The maximum Gasteiger partial charge on any atom is 0.0492 e. The van der Waals surface area contributed by atoms with E-state index in [0.29, 0.717) is 5.54 Å². The lowest BCUT2D eigenvalue weighted by Crippen LogP contribution is -1.99. The van der Waals surface area contributed by atoms with Gasteiger partial charge in [0.1, 0.15) is 0 Å². The molecule has 1 atom stereocenters. The van der Waals surface area contributed by atoms with Crippen molar-refractivity contribution in [3.05, 3.63) is 41.0 Å². The molecule has 1 aromatic rings. The fourth-order valence-corrected chi connectivity index (χ4v) is 2.60. The van der Waals surface area contributed by atoms with E-state index in [4.69, 9.17) is 0 Å². The van der Waals surface area contributed by atoms with Gasteiger partial charge in [0.05, 0.1) is 0 Å². The lowest BCUT2D eigenvalue weighted by Gasteiger charge is -2.08. The van der Waals surface area contributed by atoms with E-state index in [1.54, 1.807) is 0 Å². The molecular weight excluding hydrogens is 160 g/mol. The van der Waals surface area contributed by atoms with Gasteiger partial charge in [0, 0.05) is 9.52 Å². The van der Waals surface area contributed by atoms with Gasteiger partial charge < -0.3 is 0 Å². The van der Waals surface area contributed by atoms with Crippen LogP contribution in [0.5, 0.6) is 0 Å². The van der Waals surface area contributed by atoms with Gasteiger partial charge in [0.15, 0.2) is 0 Å². The summed E-state index contributed by atoms with van der Waals surface area (Å²) in [5.41, 5.74) is 5.08. The molecule has 0 spiro atoms. The first-order valence-corrected chi connectivity index (χ1v) is 5.85. The normalized spacial score (nSPS) is 19.7. The summed E-state index contributed by atoms with van der Waals surface area (Å²) in [5, 5.41) is 0. The summed E-state index contributed by atoms with van der Waals surface area (Å²) in [4.78, 5) is 0. The molecule has 0 aliphatic heterocycles. The van der Waals surface area contributed by atoms with Crippen LogP contribution in [0.25, 0.3) is 6.08 Å². The number of hydrogen-bond acceptors (Lipinski definition) is 0. The quantitative estimate of drug-likeness (QED) is 0.571. The second kappa shape index (κ2) is 2.90.